The molecule has 2 bridgehead atoms. The highest BCUT2D eigenvalue weighted by Gasteiger charge is 2.46. The molecule has 0 aromatic rings. The van der Waals surface area contributed by atoms with Crippen molar-refractivity contribution in [2.75, 3.05) is 13.1 Å². The normalized spacial score (nSPS) is 48.8. The van der Waals surface area contributed by atoms with Crippen molar-refractivity contribution in [2.45, 2.75) is 76.9 Å². The van der Waals surface area contributed by atoms with Crippen LogP contribution in [0, 0.1) is 11.8 Å². The van der Waals surface area contributed by atoms with Crippen molar-refractivity contribution in [3.63, 3.8) is 0 Å². The van der Waals surface area contributed by atoms with E-state index in [0.29, 0.717) is 5.54 Å². The van der Waals surface area contributed by atoms with Crippen molar-refractivity contribution in [3.05, 3.63) is 0 Å². The average molecular weight is 250 g/mol. The first kappa shape index (κ1) is 12.9. The number of rotatable bonds is 3. The standard InChI is InChI=1S/C16H30N2/c1-4-14-10-17-16(3,5-2)11-18(14)15-9-12-6-7-13(15)8-12/h12-15,17H,4-11H2,1-3H3. The van der Waals surface area contributed by atoms with Crippen molar-refractivity contribution in [1.29, 1.82) is 0 Å². The molecule has 5 unspecified atom stereocenters. The van der Waals surface area contributed by atoms with E-state index in [1.54, 1.807) is 0 Å². The van der Waals surface area contributed by atoms with Gasteiger partial charge in [0.25, 0.3) is 0 Å². The number of fused-ring (bicyclic) bond motifs is 2. The number of piperazine rings is 1. The Kier molecular flexibility index (Phi) is 3.44. The van der Waals surface area contributed by atoms with E-state index in [-0.39, 0.29) is 0 Å². The zero-order valence-corrected chi connectivity index (χ0v) is 12.4. The van der Waals surface area contributed by atoms with Crippen LogP contribution in [0.3, 0.4) is 0 Å². The lowest BCUT2D eigenvalue weighted by molar-refractivity contribution is 0.0222. The maximum absolute atomic E-state index is 3.80. The molecule has 0 aromatic carbocycles. The molecule has 104 valence electrons. The van der Waals surface area contributed by atoms with E-state index in [1.807, 2.05) is 0 Å². The highest BCUT2D eigenvalue weighted by molar-refractivity contribution is 5.02. The van der Waals surface area contributed by atoms with Gasteiger partial charge in [-0.3, -0.25) is 4.90 Å². The lowest BCUT2D eigenvalue weighted by Gasteiger charge is -2.50. The summed E-state index contributed by atoms with van der Waals surface area (Å²) in [5, 5.41) is 3.80. The second kappa shape index (κ2) is 4.79. The summed E-state index contributed by atoms with van der Waals surface area (Å²) in [4.78, 5) is 2.91. The Labute approximate surface area is 113 Å². The highest BCUT2D eigenvalue weighted by atomic mass is 15.3. The van der Waals surface area contributed by atoms with Crippen molar-refractivity contribution in [3.8, 4) is 0 Å². The Hall–Kier alpha value is -0.0800. The maximum atomic E-state index is 3.80. The minimum absolute atomic E-state index is 0.355. The lowest BCUT2D eigenvalue weighted by Crippen LogP contribution is -2.65. The van der Waals surface area contributed by atoms with E-state index in [1.165, 1.54) is 51.6 Å². The van der Waals surface area contributed by atoms with Gasteiger partial charge in [-0.15, -0.1) is 0 Å². The lowest BCUT2D eigenvalue weighted by atomic mass is 9.87. The van der Waals surface area contributed by atoms with Gasteiger partial charge in [-0.1, -0.05) is 20.3 Å². The Bertz CT molecular complexity index is 303. The summed E-state index contributed by atoms with van der Waals surface area (Å²) < 4.78 is 0. The van der Waals surface area contributed by atoms with Crippen molar-refractivity contribution in [1.82, 2.24) is 10.2 Å². The minimum atomic E-state index is 0.355. The minimum Gasteiger partial charge on any atom is -0.309 e. The van der Waals surface area contributed by atoms with Crippen LogP contribution in [0.5, 0.6) is 0 Å². The van der Waals surface area contributed by atoms with Crippen LogP contribution in [-0.4, -0.2) is 35.6 Å². The quantitative estimate of drug-likeness (QED) is 0.828. The molecule has 3 fully saturated rings. The predicted octanol–water partition coefficient (Wildman–Crippen LogP) is 3.03. The second-order valence-corrected chi connectivity index (χ2v) is 7.27. The molecular weight excluding hydrogens is 220 g/mol. The molecule has 0 radical (unpaired) electrons. The molecule has 1 saturated heterocycles. The first-order chi connectivity index (χ1) is 8.65. The van der Waals surface area contributed by atoms with Crippen LogP contribution in [-0.2, 0) is 0 Å². The zero-order chi connectivity index (χ0) is 12.8. The van der Waals surface area contributed by atoms with Gasteiger partial charge in [0.05, 0.1) is 0 Å². The third kappa shape index (κ3) is 2.12. The fourth-order valence-electron chi connectivity index (χ4n) is 4.69. The van der Waals surface area contributed by atoms with Crippen molar-refractivity contribution in [2.24, 2.45) is 11.8 Å². The van der Waals surface area contributed by atoms with Gasteiger partial charge in [-0.05, 0) is 50.9 Å². The molecule has 2 nitrogen and oxygen atoms in total. The van der Waals surface area contributed by atoms with E-state index < -0.39 is 0 Å². The fourth-order valence-corrected chi connectivity index (χ4v) is 4.69. The van der Waals surface area contributed by atoms with Gasteiger partial charge in [0.15, 0.2) is 0 Å². The van der Waals surface area contributed by atoms with E-state index in [9.17, 15) is 0 Å². The first-order valence-electron chi connectivity index (χ1n) is 8.16. The van der Waals surface area contributed by atoms with Crippen LogP contribution >= 0.6 is 0 Å². The van der Waals surface area contributed by atoms with Crippen LogP contribution in [0.15, 0.2) is 0 Å². The fraction of sp³-hybridized carbons (Fsp3) is 1.00. The zero-order valence-electron chi connectivity index (χ0n) is 12.4. The predicted molar refractivity (Wildman–Crippen MR) is 76.7 cm³/mol. The number of hydrogen-bond acceptors (Lipinski definition) is 2. The third-order valence-corrected chi connectivity index (χ3v) is 6.14. The molecule has 1 N–H and O–H groups in total. The molecule has 0 amide bonds. The summed E-state index contributed by atoms with van der Waals surface area (Å²) in [6.45, 7) is 9.59. The van der Waals surface area contributed by atoms with E-state index >= 15 is 0 Å². The van der Waals surface area contributed by atoms with Crippen LogP contribution in [0.1, 0.15) is 59.3 Å². The topological polar surface area (TPSA) is 15.3 Å². The number of nitrogens with zero attached hydrogens (tertiary/aromatic N) is 1. The maximum Gasteiger partial charge on any atom is 0.0278 e. The summed E-state index contributed by atoms with van der Waals surface area (Å²) in [7, 11) is 0. The summed E-state index contributed by atoms with van der Waals surface area (Å²) >= 11 is 0. The molecule has 3 rings (SSSR count). The molecule has 2 heteroatoms. The van der Waals surface area contributed by atoms with Crippen molar-refractivity contribution >= 4 is 0 Å². The highest BCUT2D eigenvalue weighted by Crippen LogP contribution is 2.47. The molecule has 1 heterocycles. The number of nitrogens with one attached hydrogen (secondary N) is 1. The van der Waals surface area contributed by atoms with Crippen LogP contribution < -0.4 is 5.32 Å². The molecule has 5 atom stereocenters. The van der Waals surface area contributed by atoms with Gasteiger partial charge in [0.1, 0.15) is 0 Å². The SMILES string of the molecule is CCC1CNC(C)(CC)CN1C1CC2CCC1C2. The van der Waals surface area contributed by atoms with Gasteiger partial charge >= 0.3 is 0 Å². The van der Waals surface area contributed by atoms with Gasteiger partial charge in [-0.25, -0.2) is 0 Å². The molecule has 0 spiro atoms. The summed E-state index contributed by atoms with van der Waals surface area (Å²) in [6, 6.07) is 1.70. The van der Waals surface area contributed by atoms with Gasteiger partial charge < -0.3 is 5.32 Å². The number of hydrogen-bond donors (Lipinski definition) is 1. The van der Waals surface area contributed by atoms with Gasteiger partial charge in [0.2, 0.25) is 0 Å². The molecular formula is C16H30N2. The molecule has 0 aromatic heterocycles. The van der Waals surface area contributed by atoms with Crippen LogP contribution in [0.4, 0.5) is 0 Å². The average Bonchev–Trinajstić information content (AvgIpc) is 3.01. The van der Waals surface area contributed by atoms with Gasteiger partial charge in [-0.2, -0.15) is 0 Å². The van der Waals surface area contributed by atoms with E-state index in [4.69, 9.17) is 0 Å². The summed E-state index contributed by atoms with van der Waals surface area (Å²) in [5.41, 5.74) is 0.355. The Morgan fingerprint density at radius 2 is 2.06 bits per heavy atom. The van der Waals surface area contributed by atoms with E-state index in [2.05, 4.69) is 31.0 Å². The molecule has 2 saturated carbocycles. The molecule has 1 aliphatic heterocycles. The summed E-state index contributed by atoms with van der Waals surface area (Å²) in [5.74, 6) is 2.10. The smallest absolute Gasteiger partial charge is 0.0278 e. The third-order valence-electron chi connectivity index (χ3n) is 6.14. The Morgan fingerprint density at radius 3 is 2.61 bits per heavy atom. The Balaban J connectivity index is 1.74. The van der Waals surface area contributed by atoms with Crippen molar-refractivity contribution < 1.29 is 0 Å². The van der Waals surface area contributed by atoms with E-state index in [0.717, 1.165) is 23.9 Å². The van der Waals surface area contributed by atoms with Gasteiger partial charge in [0, 0.05) is 30.7 Å². The first-order valence-corrected chi connectivity index (χ1v) is 8.16. The molecule has 3 aliphatic rings. The largest absolute Gasteiger partial charge is 0.309 e. The molecule has 18 heavy (non-hydrogen) atoms. The second-order valence-electron chi connectivity index (χ2n) is 7.27. The molecule has 2 aliphatic carbocycles. The Morgan fingerprint density at radius 1 is 1.22 bits per heavy atom. The van der Waals surface area contributed by atoms with Crippen LogP contribution in [0.2, 0.25) is 0 Å². The monoisotopic (exact) mass is 250 g/mol. The summed E-state index contributed by atoms with van der Waals surface area (Å²) in [6.07, 6.45) is 8.63. The van der Waals surface area contributed by atoms with Crippen LogP contribution in [0.25, 0.3) is 0 Å².